The van der Waals surface area contributed by atoms with Crippen LogP contribution in [0.25, 0.3) is 0 Å². The lowest BCUT2D eigenvalue weighted by atomic mass is 9.98. The van der Waals surface area contributed by atoms with Crippen molar-refractivity contribution in [3.8, 4) is 0 Å². The van der Waals surface area contributed by atoms with Crippen molar-refractivity contribution in [1.82, 2.24) is 25.6 Å². The summed E-state index contributed by atoms with van der Waals surface area (Å²) in [6, 6.07) is 4.05. The molecule has 4 rings (SSSR count). The zero-order valence-corrected chi connectivity index (χ0v) is 15.0. The van der Waals surface area contributed by atoms with Gasteiger partial charge in [-0.25, -0.2) is 0 Å². The largest absolute Gasteiger partial charge is 0.379 e. The van der Waals surface area contributed by atoms with Crippen LogP contribution in [0.1, 0.15) is 29.3 Å². The summed E-state index contributed by atoms with van der Waals surface area (Å²) in [6.45, 7) is 5.77. The van der Waals surface area contributed by atoms with Crippen molar-refractivity contribution >= 4 is 5.91 Å². The number of carbonyl (C=O) groups is 1. The molecule has 4 heterocycles. The molecule has 2 N–H and O–H groups in total. The van der Waals surface area contributed by atoms with Gasteiger partial charge in [-0.15, -0.1) is 0 Å². The molecule has 0 unspecified atom stereocenters. The summed E-state index contributed by atoms with van der Waals surface area (Å²) in [5.41, 5.74) is 3.05. The zero-order valence-electron chi connectivity index (χ0n) is 15.0. The number of aromatic nitrogens is 3. The van der Waals surface area contributed by atoms with Gasteiger partial charge in [0.1, 0.15) is 5.76 Å². The highest BCUT2D eigenvalue weighted by Crippen LogP contribution is 2.20. The molecule has 8 nitrogen and oxygen atoms in total. The Hall–Kier alpha value is -2.19. The predicted molar refractivity (Wildman–Crippen MR) is 93.4 cm³/mol. The average Bonchev–Trinajstić information content (AvgIpc) is 3.34. The molecule has 0 aromatic carbocycles. The molecule has 2 atom stereocenters. The van der Waals surface area contributed by atoms with Gasteiger partial charge in [0.15, 0.2) is 0 Å². The molecule has 0 bridgehead atoms. The number of aryl methyl sites for hydroxylation is 2. The van der Waals surface area contributed by atoms with Gasteiger partial charge >= 0.3 is 0 Å². The highest BCUT2D eigenvalue weighted by atomic mass is 16.5. The van der Waals surface area contributed by atoms with Gasteiger partial charge in [-0.1, -0.05) is 5.16 Å². The maximum Gasteiger partial charge on any atom is 0.220 e. The maximum absolute atomic E-state index is 12.4. The number of rotatable bonds is 6. The molecule has 8 heteroatoms. The zero-order chi connectivity index (χ0) is 17.9. The highest BCUT2D eigenvalue weighted by molar-refractivity contribution is 5.76. The van der Waals surface area contributed by atoms with Crippen LogP contribution >= 0.6 is 0 Å². The van der Waals surface area contributed by atoms with Crippen molar-refractivity contribution in [2.45, 2.75) is 45.3 Å². The first-order valence-electron chi connectivity index (χ1n) is 9.23. The third-order valence-corrected chi connectivity index (χ3v) is 5.01. The van der Waals surface area contributed by atoms with Crippen LogP contribution in [0.15, 0.2) is 16.7 Å². The molecule has 2 aliphatic rings. The number of hydrogen-bond acceptors (Lipinski definition) is 6. The lowest BCUT2D eigenvalue weighted by molar-refractivity contribution is -0.122. The van der Waals surface area contributed by atoms with E-state index in [1.165, 1.54) is 5.69 Å². The molecule has 2 aromatic heterocycles. The first kappa shape index (κ1) is 17.2. The normalized spacial score (nSPS) is 22.3. The van der Waals surface area contributed by atoms with E-state index in [2.05, 4.69) is 27.0 Å². The minimum atomic E-state index is 0.0207. The Morgan fingerprint density at radius 1 is 1.42 bits per heavy atom. The summed E-state index contributed by atoms with van der Waals surface area (Å²) in [7, 11) is 0. The summed E-state index contributed by atoms with van der Waals surface area (Å²) < 4.78 is 12.9. The van der Waals surface area contributed by atoms with E-state index in [4.69, 9.17) is 9.26 Å². The third-order valence-electron chi connectivity index (χ3n) is 5.01. The number of nitrogens with zero attached hydrogens (tertiary/aromatic N) is 3. The van der Waals surface area contributed by atoms with E-state index in [9.17, 15) is 4.79 Å². The van der Waals surface area contributed by atoms with Crippen molar-refractivity contribution in [2.24, 2.45) is 5.92 Å². The van der Waals surface area contributed by atoms with E-state index in [0.29, 0.717) is 26.1 Å². The van der Waals surface area contributed by atoms with E-state index in [1.54, 1.807) is 0 Å². The molecule has 140 valence electrons. The quantitative estimate of drug-likeness (QED) is 0.784. The summed E-state index contributed by atoms with van der Waals surface area (Å²) in [5, 5.41) is 14.9. The Kier molecular flexibility index (Phi) is 5.03. The monoisotopic (exact) mass is 359 g/mol. The molecule has 1 fully saturated rings. The molecule has 1 saturated heterocycles. The molecule has 0 radical (unpaired) electrons. The van der Waals surface area contributed by atoms with Crippen LogP contribution in [-0.4, -0.2) is 46.6 Å². The molecule has 1 amide bonds. The predicted octanol–water partition coefficient (Wildman–Crippen LogP) is 0.589. The fourth-order valence-electron chi connectivity index (χ4n) is 3.63. The summed E-state index contributed by atoms with van der Waals surface area (Å²) >= 11 is 0. The van der Waals surface area contributed by atoms with Crippen molar-refractivity contribution in [3.05, 3.63) is 35.0 Å². The Morgan fingerprint density at radius 2 is 2.35 bits per heavy atom. The van der Waals surface area contributed by atoms with Crippen LogP contribution in [0.2, 0.25) is 0 Å². The van der Waals surface area contributed by atoms with Gasteiger partial charge in [-0.05, 0) is 13.0 Å². The molecule has 0 saturated carbocycles. The first-order chi connectivity index (χ1) is 12.7. The summed E-state index contributed by atoms with van der Waals surface area (Å²) in [4.78, 5) is 12.4. The van der Waals surface area contributed by atoms with Crippen molar-refractivity contribution in [3.63, 3.8) is 0 Å². The number of ether oxygens (including phenoxy) is 1. The van der Waals surface area contributed by atoms with Gasteiger partial charge in [0.05, 0.1) is 42.9 Å². The lowest BCUT2D eigenvalue weighted by Gasteiger charge is -2.17. The van der Waals surface area contributed by atoms with Gasteiger partial charge in [-0.3, -0.25) is 9.48 Å². The second-order valence-electron chi connectivity index (χ2n) is 7.14. The number of nitrogens with one attached hydrogen (secondary N) is 2. The molecule has 0 spiro atoms. The summed E-state index contributed by atoms with van der Waals surface area (Å²) in [5.74, 6) is 1.11. The van der Waals surface area contributed by atoms with Gasteiger partial charge in [-0.2, -0.15) is 5.10 Å². The van der Waals surface area contributed by atoms with E-state index in [-0.39, 0.29) is 17.9 Å². The van der Waals surface area contributed by atoms with Gasteiger partial charge < -0.3 is 19.9 Å². The Balaban J connectivity index is 1.27. The van der Waals surface area contributed by atoms with Crippen molar-refractivity contribution in [1.29, 1.82) is 0 Å². The van der Waals surface area contributed by atoms with Gasteiger partial charge in [0.2, 0.25) is 5.91 Å². The molecular weight excluding hydrogens is 334 g/mol. The standard InChI is InChI=1S/C18H25N5O3/c1-12-6-16(26-22-12)7-13-10-25-11-17(13)20-18(24)3-2-14-8-15-9-19-4-5-23(15)21-14/h6,8,13,17,19H,2-5,7,9-11H2,1H3,(H,20,24)/t13-,17+/m1/s1. The maximum atomic E-state index is 12.4. The van der Waals surface area contributed by atoms with Gasteiger partial charge in [0.25, 0.3) is 0 Å². The summed E-state index contributed by atoms with van der Waals surface area (Å²) in [6.07, 6.45) is 1.83. The topological polar surface area (TPSA) is 94.2 Å². The van der Waals surface area contributed by atoms with E-state index >= 15 is 0 Å². The van der Waals surface area contributed by atoms with E-state index < -0.39 is 0 Å². The Labute approximate surface area is 152 Å². The molecule has 2 aliphatic heterocycles. The number of carbonyl (C=O) groups excluding carboxylic acids is 1. The van der Waals surface area contributed by atoms with Crippen LogP contribution in [0.4, 0.5) is 0 Å². The van der Waals surface area contributed by atoms with Crippen molar-refractivity contribution < 1.29 is 14.1 Å². The van der Waals surface area contributed by atoms with E-state index in [1.807, 2.05) is 17.7 Å². The second kappa shape index (κ2) is 7.59. The van der Waals surface area contributed by atoms with Crippen LogP contribution < -0.4 is 10.6 Å². The lowest BCUT2D eigenvalue weighted by Crippen LogP contribution is -2.40. The minimum Gasteiger partial charge on any atom is -0.379 e. The number of fused-ring (bicyclic) bond motifs is 1. The number of hydrogen-bond donors (Lipinski definition) is 2. The van der Waals surface area contributed by atoms with Crippen molar-refractivity contribution in [2.75, 3.05) is 19.8 Å². The highest BCUT2D eigenvalue weighted by Gasteiger charge is 2.30. The van der Waals surface area contributed by atoms with Gasteiger partial charge in [0, 0.05) is 44.3 Å². The SMILES string of the molecule is Cc1cc(C[C@@H]2COC[C@@H]2NC(=O)CCc2cc3n(n2)CCNC3)on1. The first-order valence-corrected chi connectivity index (χ1v) is 9.23. The van der Waals surface area contributed by atoms with Crippen LogP contribution in [-0.2, 0) is 35.5 Å². The fraction of sp³-hybridized carbons (Fsp3) is 0.611. The Morgan fingerprint density at radius 3 is 3.15 bits per heavy atom. The molecule has 26 heavy (non-hydrogen) atoms. The minimum absolute atomic E-state index is 0.0207. The average molecular weight is 359 g/mol. The molecular formula is C18H25N5O3. The Bertz CT molecular complexity index is 745. The third kappa shape index (κ3) is 3.96. The molecule has 2 aromatic rings. The van der Waals surface area contributed by atoms with Crippen LogP contribution in [0.5, 0.6) is 0 Å². The molecule has 0 aliphatic carbocycles. The van der Waals surface area contributed by atoms with Crippen LogP contribution in [0.3, 0.4) is 0 Å². The second-order valence-corrected chi connectivity index (χ2v) is 7.14. The smallest absolute Gasteiger partial charge is 0.220 e. The fourth-order valence-corrected chi connectivity index (χ4v) is 3.63. The van der Waals surface area contributed by atoms with E-state index in [0.717, 1.165) is 43.2 Å². The van der Waals surface area contributed by atoms with Crippen LogP contribution in [0, 0.1) is 12.8 Å². The number of amides is 1.